The van der Waals surface area contributed by atoms with Gasteiger partial charge < -0.3 is 19.1 Å². The van der Waals surface area contributed by atoms with E-state index < -0.39 is 6.04 Å². The molecule has 1 aliphatic heterocycles. The molecule has 0 N–H and O–H groups in total. The molecule has 2 rings (SSSR count). The van der Waals surface area contributed by atoms with Crippen LogP contribution in [0.1, 0.15) is 12.5 Å². The molecule has 0 spiro atoms. The van der Waals surface area contributed by atoms with Crippen LogP contribution < -0.4 is 9.64 Å². The molecule has 0 amide bonds. The molecule has 0 radical (unpaired) electrons. The summed E-state index contributed by atoms with van der Waals surface area (Å²) in [7, 11) is 1.37. The maximum Gasteiger partial charge on any atom is 0.330 e. The molecular weight excluding hydrogens is 262 g/mol. The van der Waals surface area contributed by atoms with Gasteiger partial charge in [0.2, 0.25) is 5.88 Å². The number of nitrogens with zero attached hydrogens (tertiary/aromatic N) is 3. The van der Waals surface area contributed by atoms with E-state index in [1.165, 1.54) is 13.4 Å². The summed E-state index contributed by atoms with van der Waals surface area (Å²) in [5, 5.41) is 0. The standard InChI is InChI=1S/C13H19N3O4/c1-4-20-12-9(2)11(14-8-15-12)16-5-6-19-7-10(16)13(17)18-3/h8,10H,4-7H2,1-3H3. The third-order valence-electron chi connectivity index (χ3n) is 3.17. The first-order valence-corrected chi connectivity index (χ1v) is 6.55. The van der Waals surface area contributed by atoms with Crippen LogP contribution in [0.4, 0.5) is 5.82 Å². The lowest BCUT2D eigenvalue weighted by molar-refractivity contribution is -0.144. The van der Waals surface area contributed by atoms with Gasteiger partial charge in [-0.05, 0) is 13.8 Å². The lowest BCUT2D eigenvalue weighted by Gasteiger charge is -2.35. The zero-order chi connectivity index (χ0) is 14.5. The fourth-order valence-corrected chi connectivity index (χ4v) is 2.19. The van der Waals surface area contributed by atoms with Crippen LogP contribution in [-0.2, 0) is 14.3 Å². The highest BCUT2D eigenvalue weighted by atomic mass is 16.5. The van der Waals surface area contributed by atoms with Crippen LogP contribution >= 0.6 is 0 Å². The second-order valence-corrected chi connectivity index (χ2v) is 4.37. The van der Waals surface area contributed by atoms with Crippen LogP contribution in [0.5, 0.6) is 5.88 Å². The van der Waals surface area contributed by atoms with Gasteiger partial charge >= 0.3 is 5.97 Å². The summed E-state index contributed by atoms with van der Waals surface area (Å²) in [6, 6.07) is -0.489. The topological polar surface area (TPSA) is 73.8 Å². The zero-order valence-electron chi connectivity index (χ0n) is 12.0. The van der Waals surface area contributed by atoms with Crippen LogP contribution in [0.15, 0.2) is 6.33 Å². The third-order valence-corrected chi connectivity index (χ3v) is 3.17. The molecule has 1 unspecified atom stereocenters. The molecular formula is C13H19N3O4. The summed E-state index contributed by atoms with van der Waals surface area (Å²) >= 11 is 0. The first kappa shape index (κ1) is 14.5. The van der Waals surface area contributed by atoms with Crippen molar-refractivity contribution in [3.05, 3.63) is 11.9 Å². The summed E-state index contributed by atoms with van der Waals surface area (Å²) in [4.78, 5) is 22.1. The number of carbonyl (C=O) groups is 1. The molecule has 0 saturated carbocycles. The van der Waals surface area contributed by atoms with Crippen molar-refractivity contribution in [1.82, 2.24) is 9.97 Å². The maximum atomic E-state index is 11.9. The summed E-state index contributed by atoms with van der Waals surface area (Å²) < 4.78 is 15.6. The molecule has 1 saturated heterocycles. The van der Waals surface area contributed by atoms with Gasteiger partial charge in [0, 0.05) is 6.54 Å². The van der Waals surface area contributed by atoms with Crippen molar-refractivity contribution >= 4 is 11.8 Å². The summed E-state index contributed by atoms with van der Waals surface area (Å²) in [6.07, 6.45) is 1.44. The molecule has 0 bridgehead atoms. The molecule has 1 aliphatic rings. The van der Waals surface area contributed by atoms with Gasteiger partial charge in [-0.2, -0.15) is 0 Å². The quantitative estimate of drug-likeness (QED) is 0.747. The molecule has 1 aromatic heterocycles. The average molecular weight is 281 g/mol. The Bertz CT molecular complexity index is 481. The lowest BCUT2D eigenvalue weighted by Crippen LogP contribution is -2.51. The minimum Gasteiger partial charge on any atom is -0.478 e. The fraction of sp³-hybridized carbons (Fsp3) is 0.615. The van der Waals surface area contributed by atoms with E-state index in [2.05, 4.69) is 9.97 Å². The van der Waals surface area contributed by atoms with Crippen LogP contribution in [0.2, 0.25) is 0 Å². The Morgan fingerprint density at radius 1 is 1.55 bits per heavy atom. The van der Waals surface area contributed by atoms with E-state index in [1.807, 2.05) is 18.7 Å². The van der Waals surface area contributed by atoms with Crippen molar-refractivity contribution in [2.45, 2.75) is 19.9 Å². The Kier molecular flexibility index (Phi) is 4.73. The van der Waals surface area contributed by atoms with E-state index in [0.717, 1.165) is 5.56 Å². The normalized spacial score (nSPS) is 18.8. The van der Waals surface area contributed by atoms with Crippen molar-refractivity contribution in [3.63, 3.8) is 0 Å². The van der Waals surface area contributed by atoms with E-state index in [0.29, 0.717) is 38.1 Å². The van der Waals surface area contributed by atoms with Crippen LogP contribution in [0, 0.1) is 6.92 Å². The zero-order valence-corrected chi connectivity index (χ0v) is 12.0. The van der Waals surface area contributed by atoms with Gasteiger partial charge in [-0.25, -0.2) is 14.8 Å². The molecule has 7 heteroatoms. The molecule has 110 valence electrons. The third kappa shape index (κ3) is 2.82. The van der Waals surface area contributed by atoms with Crippen molar-refractivity contribution in [3.8, 4) is 5.88 Å². The Balaban J connectivity index is 2.32. The number of esters is 1. The van der Waals surface area contributed by atoms with Gasteiger partial charge in [-0.15, -0.1) is 0 Å². The molecule has 1 aromatic rings. The number of hydrogen-bond acceptors (Lipinski definition) is 7. The molecule has 20 heavy (non-hydrogen) atoms. The monoisotopic (exact) mass is 281 g/mol. The van der Waals surface area contributed by atoms with Crippen molar-refractivity contribution in [1.29, 1.82) is 0 Å². The minimum absolute atomic E-state index is 0.292. The van der Waals surface area contributed by atoms with Crippen molar-refractivity contribution in [2.24, 2.45) is 0 Å². The number of methoxy groups -OCH3 is 1. The van der Waals surface area contributed by atoms with Gasteiger partial charge in [0.15, 0.2) is 6.04 Å². The molecule has 1 atom stereocenters. The summed E-state index contributed by atoms with van der Waals surface area (Å²) in [5.41, 5.74) is 0.810. The van der Waals surface area contributed by atoms with Crippen molar-refractivity contribution < 1.29 is 19.0 Å². The predicted octanol–water partition coefficient (Wildman–Crippen LogP) is 0.562. The first-order valence-electron chi connectivity index (χ1n) is 6.55. The van der Waals surface area contributed by atoms with Gasteiger partial charge in [0.05, 0.1) is 32.5 Å². The lowest BCUT2D eigenvalue weighted by atomic mass is 10.2. The fourth-order valence-electron chi connectivity index (χ4n) is 2.19. The van der Waals surface area contributed by atoms with Crippen LogP contribution in [-0.4, -0.2) is 55.5 Å². The molecule has 0 aliphatic carbocycles. The predicted molar refractivity (Wildman–Crippen MR) is 71.9 cm³/mol. The highest BCUT2D eigenvalue weighted by Crippen LogP contribution is 2.26. The number of morpholine rings is 1. The first-order chi connectivity index (χ1) is 9.69. The second-order valence-electron chi connectivity index (χ2n) is 4.37. The van der Waals surface area contributed by atoms with Gasteiger partial charge in [-0.1, -0.05) is 0 Å². The van der Waals surface area contributed by atoms with Crippen LogP contribution in [0.25, 0.3) is 0 Å². The highest BCUT2D eigenvalue weighted by Gasteiger charge is 2.32. The maximum absolute atomic E-state index is 11.9. The number of aromatic nitrogens is 2. The van der Waals surface area contributed by atoms with E-state index in [1.54, 1.807) is 0 Å². The van der Waals surface area contributed by atoms with E-state index in [9.17, 15) is 4.79 Å². The Hall–Kier alpha value is -1.89. The number of carbonyl (C=O) groups excluding carboxylic acids is 1. The SMILES string of the molecule is CCOc1ncnc(N2CCOCC2C(=O)OC)c1C. The number of ether oxygens (including phenoxy) is 3. The summed E-state index contributed by atoms with van der Waals surface area (Å²) in [6.45, 7) is 5.71. The highest BCUT2D eigenvalue weighted by molar-refractivity contribution is 5.80. The van der Waals surface area contributed by atoms with Gasteiger partial charge in [0.1, 0.15) is 12.1 Å². The Morgan fingerprint density at radius 3 is 3.05 bits per heavy atom. The number of anilines is 1. The Morgan fingerprint density at radius 2 is 2.35 bits per heavy atom. The number of hydrogen-bond donors (Lipinski definition) is 0. The van der Waals surface area contributed by atoms with Gasteiger partial charge in [0.25, 0.3) is 0 Å². The largest absolute Gasteiger partial charge is 0.478 e. The number of rotatable bonds is 4. The molecule has 7 nitrogen and oxygen atoms in total. The smallest absolute Gasteiger partial charge is 0.330 e. The average Bonchev–Trinajstić information content (AvgIpc) is 2.49. The van der Waals surface area contributed by atoms with Crippen LogP contribution in [0.3, 0.4) is 0 Å². The molecule has 0 aromatic carbocycles. The molecule has 1 fully saturated rings. The van der Waals surface area contributed by atoms with Gasteiger partial charge in [-0.3, -0.25) is 0 Å². The minimum atomic E-state index is -0.489. The second kappa shape index (κ2) is 6.51. The van der Waals surface area contributed by atoms with E-state index in [4.69, 9.17) is 14.2 Å². The Labute approximate surface area is 117 Å². The summed E-state index contributed by atoms with van der Waals surface area (Å²) in [5.74, 6) is 0.885. The van der Waals surface area contributed by atoms with E-state index in [-0.39, 0.29) is 5.97 Å². The van der Waals surface area contributed by atoms with E-state index >= 15 is 0 Å². The molecule has 2 heterocycles. The van der Waals surface area contributed by atoms with Crippen molar-refractivity contribution in [2.75, 3.05) is 38.4 Å².